The molecule has 2 aliphatic heterocycles. The smallest absolute Gasteiger partial charge is 0.193 e. The first kappa shape index (κ1) is 18.9. The molecule has 0 radical (unpaired) electrons. The number of likely N-dealkylation sites (tertiary alicyclic amines) is 1. The topological polar surface area (TPSA) is 49.3 Å². The van der Waals surface area contributed by atoms with Crippen molar-refractivity contribution >= 4 is 29.9 Å². The summed E-state index contributed by atoms with van der Waals surface area (Å²) in [5.41, 5.74) is 0. The van der Waals surface area contributed by atoms with Gasteiger partial charge in [-0.15, -0.1) is 24.0 Å². The van der Waals surface area contributed by atoms with Crippen molar-refractivity contribution in [3.05, 3.63) is 0 Å². The average Bonchev–Trinajstić information content (AvgIpc) is 2.86. The predicted octanol–water partition coefficient (Wildman–Crippen LogP) is 0.621. The lowest BCUT2D eigenvalue weighted by molar-refractivity contribution is -0.0447. The van der Waals surface area contributed by atoms with E-state index in [0.29, 0.717) is 12.6 Å². The van der Waals surface area contributed by atoms with Crippen molar-refractivity contribution in [3.8, 4) is 0 Å². The molecule has 0 amide bonds. The Hall–Kier alpha value is -0.120. The third-order valence-electron chi connectivity index (χ3n) is 4.17. The van der Waals surface area contributed by atoms with Gasteiger partial charge in [-0.2, -0.15) is 0 Å². The van der Waals surface area contributed by atoms with Crippen LogP contribution >= 0.6 is 24.0 Å². The molecule has 6 nitrogen and oxygen atoms in total. The van der Waals surface area contributed by atoms with E-state index in [9.17, 15) is 0 Å². The lowest BCUT2D eigenvalue weighted by Gasteiger charge is -2.35. The quantitative estimate of drug-likeness (QED) is 0.417. The number of hydrogen-bond donors (Lipinski definition) is 1. The fourth-order valence-corrected chi connectivity index (χ4v) is 2.98. The fourth-order valence-electron chi connectivity index (χ4n) is 2.98. The summed E-state index contributed by atoms with van der Waals surface area (Å²) < 4.78 is 10.9. The van der Waals surface area contributed by atoms with Gasteiger partial charge in [-0.1, -0.05) is 0 Å². The molecule has 2 aliphatic rings. The van der Waals surface area contributed by atoms with Crippen LogP contribution in [0, 0.1) is 0 Å². The summed E-state index contributed by atoms with van der Waals surface area (Å²) in [4.78, 5) is 9.10. The Morgan fingerprint density at radius 1 is 1.43 bits per heavy atom. The third-order valence-corrected chi connectivity index (χ3v) is 4.17. The minimum absolute atomic E-state index is 0. The average molecular weight is 412 g/mol. The number of likely N-dealkylation sites (N-methyl/N-ethyl adjacent to an activating group) is 1. The minimum Gasteiger partial charge on any atom is -0.382 e. The zero-order valence-corrected chi connectivity index (χ0v) is 15.7. The molecule has 0 aromatic rings. The molecule has 0 saturated carbocycles. The van der Waals surface area contributed by atoms with Gasteiger partial charge < -0.3 is 24.6 Å². The molecular formula is C14H29IN4O2. The second kappa shape index (κ2) is 9.81. The van der Waals surface area contributed by atoms with Gasteiger partial charge in [-0.25, -0.2) is 0 Å². The predicted molar refractivity (Wildman–Crippen MR) is 95.6 cm³/mol. The summed E-state index contributed by atoms with van der Waals surface area (Å²) in [5.74, 6) is 0.981. The molecule has 2 atom stereocenters. The lowest BCUT2D eigenvalue weighted by Crippen LogP contribution is -2.53. The monoisotopic (exact) mass is 412 g/mol. The molecule has 0 spiro atoms. The Labute approximate surface area is 145 Å². The van der Waals surface area contributed by atoms with Crippen molar-refractivity contribution in [2.45, 2.75) is 25.0 Å². The van der Waals surface area contributed by atoms with Crippen molar-refractivity contribution in [3.63, 3.8) is 0 Å². The van der Waals surface area contributed by atoms with Crippen molar-refractivity contribution in [1.82, 2.24) is 15.1 Å². The van der Waals surface area contributed by atoms with Crippen LogP contribution in [-0.2, 0) is 9.47 Å². The highest BCUT2D eigenvalue weighted by molar-refractivity contribution is 14.0. The zero-order valence-electron chi connectivity index (χ0n) is 13.4. The van der Waals surface area contributed by atoms with Crippen LogP contribution in [0.25, 0.3) is 0 Å². The van der Waals surface area contributed by atoms with Gasteiger partial charge in [-0.05, 0) is 26.4 Å². The number of aliphatic imine (C=N–C) groups is 1. The van der Waals surface area contributed by atoms with Crippen LogP contribution in [0.15, 0.2) is 4.99 Å². The van der Waals surface area contributed by atoms with E-state index in [1.54, 1.807) is 7.11 Å². The van der Waals surface area contributed by atoms with Crippen LogP contribution in [0.3, 0.4) is 0 Å². The third kappa shape index (κ3) is 5.54. The maximum Gasteiger partial charge on any atom is 0.193 e. The second-order valence-electron chi connectivity index (χ2n) is 5.60. The fraction of sp³-hybridized carbons (Fsp3) is 0.929. The van der Waals surface area contributed by atoms with E-state index in [-0.39, 0.29) is 30.1 Å². The largest absolute Gasteiger partial charge is 0.382 e. The van der Waals surface area contributed by atoms with Crippen molar-refractivity contribution < 1.29 is 9.47 Å². The lowest BCUT2D eigenvalue weighted by atomic mass is 10.2. The van der Waals surface area contributed by atoms with E-state index in [2.05, 4.69) is 27.2 Å². The maximum atomic E-state index is 5.68. The maximum absolute atomic E-state index is 5.68. The molecule has 0 bridgehead atoms. The van der Waals surface area contributed by atoms with Crippen LogP contribution in [0.1, 0.15) is 12.8 Å². The van der Waals surface area contributed by atoms with Crippen molar-refractivity contribution in [2.24, 2.45) is 4.99 Å². The normalized spacial score (nSPS) is 27.6. The van der Waals surface area contributed by atoms with Gasteiger partial charge in [0.25, 0.3) is 0 Å². The molecule has 2 unspecified atom stereocenters. The van der Waals surface area contributed by atoms with Crippen LogP contribution in [0.2, 0.25) is 0 Å². The molecule has 2 saturated heterocycles. The molecule has 2 fully saturated rings. The molecule has 21 heavy (non-hydrogen) atoms. The number of hydrogen-bond acceptors (Lipinski definition) is 4. The number of morpholine rings is 1. The molecule has 2 rings (SSSR count). The van der Waals surface area contributed by atoms with Crippen LogP contribution in [0.4, 0.5) is 0 Å². The van der Waals surface area contributed by atoms with Gasteiger partial charge in [0.05, 0.1) is 19.3 Å². The summed E-state index contributed by atoms with van der Waals surface area (Å²) in [6.07, 6.45) is 2.71. The molecular weight excluding hydrogens is 383 g/mol. The number of halogens is 1. The number of nitrogens with one attached hydrogen (secondary N) is 1. The molecule has 2 heterocycles. The highest BCUT2D eigenvalue weighted by Gasteiger charge is 2.25. The number of guanidine groups is 1. The van der Waals surface area contributed by atoms with E-state index < -0.39 is 0 Å². The molecule has 0 aromatic carbocycles. The highest BCUT2D eigenvalue weighted by Crippen LogP contribution is 2.14. The van der Waals surface area contributed by atoms with Gasteiger partial charge in [-0.3, -0.25) is 4.99 Å². The van der Waals surface area contributed by atoms with Crippen LogP contribution in [0.5, 0.6) is 0 Å². The summed E-state index contributed by atoms with van der Waals surface area (Å²) >= 11 is 0. The summed E-state index contributed by atoms with van der Waals surface area (Å²) in [6, 6.07) is 0.627. The minimum atomic E-state index is 0. The van der Waals surface area contributed by atoms with Gasteiger partial charge >= 0.3 is 0 Å². The Balaban J connectivity index is 0.00000220. The van der Waals surface area contributed by atoms with E-state index in [1.165, 1.54) is 19.4 Å². The van der Waals surface area contributed by atoms with Gasteiger partial charge in [0.2, 0.25) is 0 Å². The Bertz CT molecular complexity index is 328. The summed E-state index contributed by atoms with van der Waals surface area (Å²) in [7, 11) is 5.76. The summed E-state index contributed by atoms with van der Waals surface area (Å²) in [5, 5.41) is 3.51. The first-order chi connectivity index (χ1) is 9.74. The second-order valence-corrected chi connectivity index (χ2v) is 5.60. The molecule has 1 N–H and O–H groups in total. The van der Waals surface area contributed by atoms with Crippen LogP contribution < -0.4 is 5.32 Å². The SMILES string of the molecule is CN=C(NCC1CCCN1C)N1CCOC(COC)C1.I. The molecule has 0 aromatic heterocycles. The zero-order chi connectivity index (χ0) is 14.4. The Morgan fingerprint density at radius 2 is 2.24 bits per heavy atom. The summed E-state index contributed by atoms with van der Waals surface area (Å²) in [6.45, 7) is 5.28. The van der Waals surface area contributed by atoms with Crippen molar-refractivity contribution in [1.29, 1.82) is 0 Å². The Kier molecular flexibility index (Phi) is 8.84. The standard InChI is InChI=1S/C14H28N4O2.HI/c1-15-14(16-9-12-5-4-6-17(12)2)18-7-8-20-13(10-18)11-19-3;/h12-13H,4-11H2,1-3H3,(H,15,16);1H. The van der Waals surface area contributed by atoms with Gasteiger partial charge in [0.15, 0.2) is 5.96 Å². The highest BCUT2D eigenvalue weighted by atomic mass is 127. The Morgan fingerprint density at radius 3 is 2.86 bits per heavy atom. The van der Waals surface area contributed by atoms with E-state index >= 15 is 0 Å². The van der Waals surface area contributed by atoms with Gasteiger partial charge in [0.1, 0.15) is 0 Å². The molecule has 124 valence electrons. The van der Waals surface area contributed by atoms with Gasteiger partial charge in [0, 0.05) is 39.8 Å². The molecule has 0 aliphatic carbocycles. The van der Waals surface area contributed by atoms with E-state index in [0.717, 1.165) is 32.2 Å². The number of ether oxygens (including phenoxy) is 2. The number of nitrogens with zero attached hydrogens (tertiary/aromatic N) is 3. The molecule has 7 heteroatoms. The number of methoxy groups -OCH3 is 1. The van der Waals surface area contributed by atoms with E-state index in [1.807, 2.05) is 7.05 Å². The number of rotatable bonds is 4. The van der Waals surface area contributed by atoms with Crippen LogP contribution in [-0.4, -0.2) is 88.5 Å². The van der Waals surface area contributed by atoms with Crippen molar-refractivity contribution in [2.75, 3.05) is 60.6 Å². The van der Waals surface area contributed by atoms with E-state index in [4.69, 9.17) is 9.47 Å². The first-order valence-electron chi connectivity index (χ1n) is 7.51. The first-order valence-corrected chi connectivity index (χ1v) is 7.51.